The number of hydrogen-bond donors (Lipinski definition) is 0. The van der Waals surface area contributed by atoms with Gasteiger partial charge in [0, 0.05) is 26.3 Å². The predicted molar refractivity (Wildman–Crippen MR) is 73.1 cm³/mol. The number of hydrogen-bond acceptors (Lipinski definition) is 3. The topological polar surface area (TPSA) is 45.6 Å². The van der Waals surface area contributed by atoms with Crippen LogP contribution in [0.25, 0.3) is 0 Å². The third-order valence-corrected chi connectivity index (χ3v) is 3.51. The summed E-state index contributed by atoms with van der Waals surface area (Å²) in [6.07, 6.45) is 4.04. The molecule has 19 heavy (non-hydrogen) atoms. The Morgan fingerprint density at radius 3 is 2.53 bits per heavy atom. The summed E-state index contributed by atoms with van der Waals surface area (Å²) in [6.45, 7) is 2.31. The Kier molecular flexibility index (Phi) is 4.37. The minimum Gasteiger partial charge on any atom is -0.348 e. The van der Waals surface area contributed by atoms with Crippen molar-refractivity contribution in [2.24, 2.45) is 7.05 Å². The maximum atomic E-state index is 12.1. The third kappa shape index (κ3) is 3.44. The fourth-order valence-electron chi connectivity index (χ4n) is 2.43. The van der Waals surface area contributed by atoms with Crippen LogP contribution in [-0.2, 0) is 11.8 Å². The van der Waals surface area contributed by atoms with Gasteiger partial charge in [0.1, 0.15) is 0 Å². The second-order valence-corrected chi connectivity index (χ2v) is 5.19. The second-order valence-electron chi connectivity index (χ2n) is 5.19. The van der Waals surface area contributed by atoms with Crippen LogP contribution in [0.3, 0.4) is 0 Å². The second kappa shape index (κ2) is 6.02. The molecule has 0 unspecified atom stereocenters. The van der Waals surface area contributed by atoms with E-state index in [1.54, 1.807) is 15.5 Å². The largest absolute Gasteiger partial charge is 0.348 e. The van der Waals surface area contributed by atoms with E-state index in [4.69, 9.17) is 0 Å². The summed E-state index contributed by atoms with van der Waals surface area (Å²) in [5, 5.41) is 0. The van der Waals surface area contributed by atoms with Crippen molar-refractivity contribution in [2.75, 3.05) is 33.2 Å². The average Bonchev–Trinajstić information content (AvgIpc) is 2.98. The molecule has 0 bridgehead atoms. The van der Waals surface area contributed by atoms with Crippen molar-refractivity contribution in [1.29, 1.82) is 0 Å². The highest BCUT2D eigenvalue weighted by molar-refractivity contribution is 5.96. The summed E-state index contributed by atoms with van der Waals surface area (Å²) in [4.78, 5) is 27.7. The fourth-order valence-corrected chi connectivity index (χ4v) is 2.43. The number of likely N-dealkylation sites (N-methyl/N-ethyl adjacent to an activating group) is 1. The first-order chi connectivity index (χ1) is 9.08. The van der Waals surface area contributed by atoms with E-state index in [1.807, 2.05) is 31.3 Å². The molecule has 5 nitrogen and oxygen atoms in total. The molecule has 0 N–H and O–H groups in total. The van der Waals surface area contributed by atoms with Crippen LogP contribution in [0.5, 0.6) is 0 Å². The highest BCUT2D eigenvalue weighted by Gasteiger charge is 2.20. The number of Topliss-reactive ketones (excluding diaryl/α,β-unsaturated/α-hetero) is 1. The maximum absolute atomic E-state index is 12.1. The molecule has 1 aliphatic rings. The van der Waals surface area contributed by atoms with Crippen LogP contribution in [0.2, 0.25) is 0 Å². The van der Waals surface area contributed by atoms with Crippen molar-refractivity contribution >= 4 is 11.7 Å². The van der Waals surface area contributed by atoms with Crippen molar-refractivity contribution < 1.29 is 9.59 Å². The molecule has 5 heteroatoms. The van der Waals surface area contributed by atoms with E-state index in [2.05, 4.69) is 0 Å². The summed E-state index contributed by atoms with van der Waals surface area (Å²) in [5.41, 5.74) is 0.681. The Morgan fingerprint density at radius 1 is 1.26 bits per heavy atom. The van der Waals surface area contributed by atoms with Gasteiger partial charge >= 0.3 is 0 Å². The molecule has 2 rings (SSSR count). The average molecular weight is 263 g/mol. The number of aromatic nitrogens is 1. The molecule has 0 spiro atoms. The number of ketones is 1. The number of aryl methyl sites for hydroxylation is 1. The van der Waals surface area contributed by atoms with Gasteiger partial charge in [-0.05, 0) is 32.0 Å². The van der Waals surface area contributed by atoms with Gasteiger partial charge in [-0.1, -0.05) is 0 Å². The van der Waals surface area contributed by atoms with E-state index >= 15 is 0 Å². The van der Waals surface area contributed by atoms with Gasteiger partial charge in [0.05, 0.1) is 18.8 Å². The zero-order valence-corrected chi connectivity index (χ0v) is 11.6. The molecule has 0 aliphatic carbocycles. The van der Waals surface area contributed by atoms with E-state index < -0.39 is 0 Å². The highest BCUT2D eigenvalue weighted by Crippen LogP contribution is 2.08. The summed E-state index contributed by atoms with van der Waals surface area (Å²) in [7, 11) is 3.66. The minimum absolute atomic E-state index is 0.0456. The van der Waals surface area contributed by atoms with Crippen molar-refractivity contribution in [3.05, 3.63) is 24.0 Å². The van der Waals surface area contributed by atoms with Crippen LogP contribution in [0.1, 0.15) is 23.3 Å². The number of amides is 1. The standard InChI is InChI=1S/C14H21N3O2/c1-15(11-14(19)17-8-3-4-9-17)10-13(18)12-6-5-7-16(12)2/h5-7H,3-4,8-11H2,1-2H3. The van der Waals surface area contributed by atoms with E-state index in [-0.39, 0.29) is 18.2 Å². The summed E-state index contributed by atoms with van der Waals surface area (Å²) < 4.78 is 1.80. The molecule has 1 aromatic heterocycles. The Bertz CT molecular complexity index is 461. The summed E-state index contributed by atoms with van der Waals surface area (Å²) in [5.74, 6) is 0.170. The maximum Gasteiger partial charge on any atom is 0.236 e. The number of rotatable bonds is 5. The lowest BCUT2D eigenvalue weighted by atomic mass is 10.2. The molecule has 2 heterocycles. The van der Waals surface area contributed by atoms with Crippen LogP contribution >= 0.6 is 0 Å². The number of nitrogens with zero attached hydrogens (tertiary/aromatic N) is 3. The molecule has 1 saturated heterocycles. The first-order valence-corrected chi connectivity index (χ1v) is 6.69. The SMILES string of the molecule is CN(CC(=O)c1cccn1C)CC(=O)N1CCCC1. The van der Waals surface area contributed by atoms with Crippen LogP contribution in [-0.4, -0.2) is 59.3 Å². The number of likely N-dealkylation sites (tertiary alicyclic amines) is 1. The molecule has 1 aromatic rings. The van der Waals surface area contributed by atoms with Crippen molar-refractivity contribution in [2.45, 2.75) is 12.8 Å². The third-order valence-electron chi connectivity index (χ3n) is 3.51. The van der Waals surface area contributed by atoms with E-state index in [0.29, 0.717) is 12.2 Å². The molecular formula is C14H21N3O2. The minimum atomic E-state index is 0.0456. The molecule has 104 valence electrons. The van der Waals surface area contributed by atoms with Gasteiger partial charge in [0.25, 0.3) is 0 Å². The highest BCUT2D eigenvalue weighted by atomic mass is 16.2. The Hall–Kier alpha value is -1.62. The monoisotopic (exact) mass is 263 g/mol. The quantitative estimate of drug-likeness (QED) is 0.737. The molecular weight excluding hydrogens is 242 g/mol. The smallest absolute Gasteiger partial charge is 0.236 e. The molecule has 0 aromatic carbocycles. The predicted octanol–water partition coefficient (Wildman–Crippen LogP) is 0.762. The lowest BCUT2D eigenvalue weighted by molar-refractivity contribution is -0.130. The van der Waals surface area contributed by atoms with Gasteiger partial charge in [-0.2, -0.15) is 0 Å². The lowest BCUT2D eigenvalue weighted by Gasteiger charge is -2.20. The van der Waals surface area contributed by atoms with Crippen LogP contribution in [0.15, 0.2) is 18.3 Å². The van der Waals surface area contributed by atoms with E-state index in [9.17, 15) is 9.59 Å². The van der Waals surface area contributed by atoms with Crippen molar-refractivity contribution in [1.82, 2.24) is 14.4 Å². The van der Waals surface area contributed by atoms with Crippen LogP contribution in [0, 0.1) is 0 Å². The fraction of sp³-hybridized carbons (Fsp3) is 0.571. The number of carbonyl (C=O) groups is 2. The van der Waals surface area contributed by atoms with Gasteiger partial charge in [0.15, 0.2) is 5.78 Å². The normalized spacial score (nSPS) is 15.2. The van der Waals surface area contributed by atoms with E-state index in [1.165, 1.54) is 0 Å². The van der Waals surface area contributed by atoms with Gasteiger partial charge in [-0.25, -0.2) is 0 Å². The van der Waals surface area contributed by atoms with Crippen molar-refractivity contribution in [3.63, 3.8) is 0 Å². The van der Waals surface area contributed by atoms with E-state index in [0.717, 1.165) is 25.9 Å². The summed E-state index contributed by atoms with van der Waals surface area (Å²) >= 11 is 0. The number of carbonyl (C=O) groups excluding carboxylic acids is 2. The van der Waals surface area contributed by atoms with Gasteiger partial charge in [-0.3, -0.25) is 14.5 Å². The van der Waals surface area contributed by atoms with Gasteiger partial charge in [0.2, 0.25) is 5.91 Å². The zero-order valence-electron chi connectivity index (χ0n) is 11.6. The Balaban J connectivity index is 1.84. The molecule has 0 saturated carbocycles. The first-order valence-electron chi connectivity index (χ1n) is 6.69. The zero-order chi connectivity index (χ0) is 13.8. The Morgan fingerprint density at radius 2 is 1.95 bits per heavy atom. The lowest BCUT2D eigenvalue weighted by Crippen LogP contribution is -2.39. The molecule has 0 atom stereocenters. The van der Waals surface area contributed by atoms with Gasteiger partial charge in [-0.15, -0.1) is 0 Å². The molecule has 1 aliphatic heterocycles. The first kappa shape index (κ1) is 13.8. The van der Waals surface area contributed by atoms with Crippen molar-refractivity contribution in [3.8, 4) is 0 Å². The van der Waals surface area contributed by atoms with Gasteiger partial charge < -0.3 is 9.47 Å². The summed E-state index contributed by atoms with van der Waals surface area (Å²) in [6, 6.07) is 3.65. The Labute approximate surface area is 113 Å². The molecule has 1 fully saturated rings. The molecule has 0 radical (unpaired) electrons. The van der Waals surface area contributed by atoms with Crippen LogP contribution < -0.4 is 0 Å². The van der Waals surface area contributed by atoms with Crippen LogP contribution in [0.4, 0.5) is 0 Å². The molecule has 1 amide bonds.